The molecule has 0 aliphatic rings. The first kappa shape index (κ1) is 24.2. The Morgan fingerprint density at radius 1 is 0.733 bits per heavy atom. The van der Waals surface area contributed by atoms with Gasteiger partial charge in [0.15, 0.2) is 0 Å². The number of carbonyl (C=O) groups is 2. The van der Waals surface area contributed by atoms with E-state index in [1.165, 1.54) is 12.4 Å². The van der Waals surface area contributed by atoms with E-state index in [9.17, 15) is 9.59 Å². The molecular weight excluding hydrogens is 470 g/mol. The number of halogens is 4. The van der Waals surface area contributed by atoms with Gasteiger partial charge in [-0.05, 0) is 37.1 Å². The highest BCUT2D eigenvalue weighted by atomic mass is 35.5. The lowest BCUT2D eigenvalue weighted by molar-refractivity contribution is -0.123. The average Bonchev–Trinajstić information content (AvgIpc) is 2.68. The Bertz CT molecular complexity index is 886. The zero-order valence-electron chi connectivity index (χ0n) is 15.7. The summed E-state index contributed by atoms with van der Waals surface area (Å²) in [5, 5.41) is 9.63. The van der Waals surface area contributed by atoms with E-state index < -0.39 is 0 Å². The van der Waals surface area contributed by atoms with E-state index in [-0.39, 0.29) is 24.7 Å². The number of nitrogens with zero attached hydrogens (tertiary/aromatic N) is 2. The van der Waals surface area contributed by atoms with Crippen molar-refractivity contribution in [3.8, 4) is 0 Å². The van der Waals surface area contributed by atoms with Crippen LogP contribution in [0.5, 0.6) is 0 Å². The molecule has 2 N–H and O–H groups in total. The van der Waals surface area contributed by atoms with Gasteiger partial charge >= 0.3 is 0 Å². The van der Waals surface area contributed by atoms with Crippen LogP contribution in [-0.2, 0) is 9.59 Å². The second kappa shape index (κ2) is 12.5. The summed E-state index contributed by atoms with van der Waals surface area (Å²) in [6, 6.07) is 9.92. The van der Waals surface area contributed by atoms with Gasteiger partial charge in [0.25, 0.3) is 0 Å². The van der Waals surface area contributed by atoms with Crippen LogP contribution >= 0.6 is 46.4 Å². The van der Waals surface area contributed by atoms with Crippen LogP contribution in [0.1, 0.15) is 36.8 Å². The van der Waals surface area contributed by atoms with Crippen molar-refractivity contribution in [2.45, 2.75) is 25.7 Å². The standard InChI is InChI=1S/C20H18Cl4N4O2/c21-15-7-5-13(17(23)9-15)11-25-27-19(29)3-1-2-4-20(30)28-26-12-14-6-8-16(22)10-18(14)24/h5-12H,1-4H2,(H,27,29)(H,28,30)/b25-11+,26-12+. The molecule has 10 heteroatoms. The maximum absolute atomic E-state index is 11.8. The molecule has 0 aliphatic heterocycles. The molecule has 2 amide bonds. The molecule has 0 bridgehead atoms. The Hall–Kier alpha value is -2.12. The summed E-state index contributed by atoms with van der Waals surface area (Å²) < 4.78 is 0. The lowest BCUT2D eigenvalue weighted by Gasteiger charge is -2.02. The zero-order valence-corrected chi connectivity index (χ0v) is 18.7. The van der Waals surface area contributed by atoms with Crippen molar-refractivity contribution >= 4 is 70.6 Å². The first-order valence-electron chi connectivity index (χ1n) is 8.89. The first-order valence-corrected chi connectivity index (χ1v) is 10.4. The summed E-state index contributed by atoms with van der Waals surface area (Å²) in [4.78, 5) is 23.6. The molecule has 0 spiro atoms. The second-order valence-corrected chi connectivity index (χ2v) is 7.81. The van der Waals surface area contributed by atoms with Gasteiger partial charge in [-0.1, -0.05) is 58.5 Å². The molecule has 0 heterocycles. The summed E-state index contributed by atoms with van der Waals surface area (Å²) in [7, 11) is 0. The molecule has 0 saturated carbocycles. The van der Waals surface area contributed by atoms with Gasteiger partial charge in [0.05, 0.1) is 22.5 Å². The van der Waals surface area contributed by atoms with Gasteiger partial charge in [0.1, 0.15) is 0 Å². The monoisotopic (exact) mass is 486 g/mol. The summed E-state index contributed by atoms with van der Waals surface area (Å²) in [6.07, 6.45) is 4.42. The molecule has 0 aromatic heterocycles. The number of hydrazone groups is 2. The van der Waals surface area contributed by atoms with Crippen LogP contribution in [0, 0.1) is 0 Å². The Morgan fingerprint density at radius 3 is 1.50 bits per heavy atom. The molecule has 30 heavy (non-hydrogen) atoms. The topological polar surface area (TPSA) is 82.9 Å². The number of unbranched alkanes of at least 4 members (excludes halogenated alkanes) is 1. The first-order chi connectivity index (χ1) is 14.3. The van der Waals surface area contributed by atoms with Gasteiger partial charge < -0.3 is 0 Å². The third-order valence-electron chi connectivity index (χ3n) is 3.77. The maximum atomic E-state index is 11.8. The minimum Gasteiger partial charge on any atom is -0.273 e. The van der Waals surface area contributed by atoms with Gasteiger partial charge in [-0.2, -0.15) is 10.2 Å². The minimum absolute atomic E-state index is 0.239. The van der Waals surface area contributed by atoms with Crippen molar-refractivity contribution in [2.75, 3.05) is 0 Å². The predicted octanol–water partition coefficient (Wildman–Crippen LogP) is 5.46. The van der Waals surface area contributed by atoms with E-state index in [4.69, 9.17) is 46.4 Å². The number of carbonyl (C=O) groups excluding carboxylic acids is 2. The Morgan fingerprint density at radius 2 is 1.13 bits per heavy atom. The van der Waals surface area contributed by atoms with Crippen LogP contribution in [0.2, 0.25) is 20.1 Å². The van der Waals surface area contributed by atoms with Crippen LogP contribution < -0.4 is 10.9 Å². The lowest BCUT2D eigenvalue weighted by Crippen LogP contribution is -2.19. The normalized spacial score (nSPS) is 11.2. The fourth-order valence-electron chi connectivity index (χ4n) is 2.24. The molecule has 0 fully saturated rings. The van der Waals surface area contributed by atoms with Gasteiger partial charge in [-0.25, -0.2) is 10.9 Å². The summed E-state index contributed by atoms with van der Waals surface area (Å²) in [5.74, 6) is -0.515. The third-order valence-corrected chi connectivity index (χ3v) is 4.89. The molecule has 0 saturated heterocycles. The van der Waals surface area contributed by atoms with Gasteiger partial charge in [0, 0.05) is 34.0 Å². The number of benzene rings is 2. The highest BCUT2D eigenvalue weighted by molar-refractivity contribution is 6.36. The Kier molecular flexibility index (Phi) is 10.1. The van der Waals surface area contributed by atoms with Crippen molar-refractivity contribution in [1.29, 1.82) is 0 Å². The fraction of sp³-hybridized carbons (Fsp3) is 0.200. The van der Waals surface area contributed by atoms with E-state index in [1.54, 1.807) is 36.4 Å². The number of hydrogen-bond donors (Lipinski definition) is 2. The van der Waals surface area contributed by atoms with Crippen LogP contribution in [0.15, 0.2) is 46.6 Å². The number of amides is 2. The maximum Gasteiger partial charge on any atom is 0.240 e. The van der Waals surface area contributed by atoms with Crippen LogP contribution in [0.4, 0.5) is 0 Å². The van der Waals surface area contributed by atoms with Gasteiger partial charge in [-0.15, -0.1) is 0 Å². The largest absolute Gasteiger partial charge is 0.273 e. The summed E-state index contributed by atoms with van der Waals surface area (Å²) in [5.41, 5.74) is 6.11. The van der Waals surface area contributed by atoms with Gasteiger partial charge in [-0.3, -0.25) is 9.59 Å². The lowest BCUT2D eigenvalue weighted by atomic mass is 10.2. The summed E-state index contributed by atoms with van der Waals surface area (Å²) in [6.45, 7) is 0. The van der Waals surface area contributed by atoms with E-state index >= 15 is 0 Å². The molecule has 6 nitrogen and oxygen atoms in total. The SMILES string of the molecule is O=C(CCCCC(=O)N/N=C/c1ccc(Cl)cc1Cl)N/N=C/c1ccc(Cl)cc1Cl. The minimum atomic E-state index is -0.257. The van der Waals surface area contributed by atoms with Crippen LogP contribution in [-0.4, -0.2) is 24.2 Å². The Labute approximate surface area is 194 Å². The highest BCUT2D eigenvalue weighted by Crippen LogP contribution is 2.20. The molecule has 2 aromatic rings. The van der Waals surface area contributed by atoms with Crippen molar-refractivity contribution in [1.82, 2.24) is 10.9 Å². The van der Waals surface area contributed by atoms with Crippen LogP contribution in [0.3, 0.4) is 0 Å². The number of hydrogen-bond acceptors (Lipinski definition) is 4. The third kappa shape index (κ3) is 8.71. The molecule has 0 unspecified atom stereocenters. The van der Waals surface area contributed by atoms with Crippen molar-refractivity contribution in [2.24, 2.45) is 10.2 Å². The molecule has 0 aliphatic carbocycles. The number of nitrogens with one attached hydrogen (secondary N) is 2. The number of rotatable bonds is 9. The molecule has 0 radical (unpaired) electrons. The van der Waals surface area contributed by atoms with Crippen molar-refractivity contribution in [3.63, 3.8) is 0 Å². The molecule has 0 atom stereocenters. The molecule has 2 aromatic carbocycles. The average molecular weight is 488 g/mol. The van der Waals surface area contributed by atoms with Crippen molar-refractivity contribution < 1.29 is 9.59 Å². The summed E-state index contributed by atoms with van der Waals surface area (Å²) >= 11 is 23.7. The fourth-order valence-corrected chi connectivity index (χ4v) is 3.16. The quantitative estimate of drug-likeness (QED) is 0.279. The molecular formula is C20H18Cl4N4O2. The molecule has 2 rings (SSSR count). The van der Waals surface area contributed by atoms with Crippen LogP contribution in [0.25, 0.3) is 0 Å². The smallest absolute Gasteiger partial charge is 0.240 e. The highest BCUT2D eigenvalue weighted by Gasteiger charge is 2.04. The van der Waals surface area contributed by atoms with E-state index in [0.29, 0.717) is 44.1 Å². The zero-order chi connectivity index (χ0) is 21.9. The second-order valence-electron chi connectivity index (χ2n) is 6.13. The predicted molar refractivity (Wildman–Crippen MR) is 123 cm³/mol. The van der Waals surface area contributed by atoms with Gasteiger partial charge in [0.2, 0.25) is 11.8 Å². The Balaban J connectivity index is 1.63. The van der Waals surface area contributed by atoms with E-state index in [1.807, 2.05) is 0 Å². The van der Waals surface area contributed by atoms with Crippen molar-refractivity contribution in [3.05, 3.63) is 67.6 Å². The molecule has 158 valence electrons. The van der Waals surface area contributed by atoms with E-state index in [0.717, 1.165) is 0 Å². The van der Waals surface area contributed by atoms with E-state index in [2.05, 4.69) is 21.1 Å².